The normalized spacial score (nSPS) is 10.2. The van der Waals surface area contributed by atoms with Crippen LogP contribution in [0.5, 0.6) is 11.5 Å². The van der Waals surface area contributed by atoms with Crippen LogP contribution in [0.15, 0.2) is 72.8 Å². The van der Waals surface area contributed by atoms with Crippen LogP contribution >= 0.6 is 0 Å². The smallest absolute Gasteiger partial charge is 0.343 e. The Morgan fingerprint density at radius 3 is 1.27 bits per heavy atom. The number of aryl methyl sites for hydroxylation is 2. The molecule has 0 saturated carbocycles. The average molecular weight is 346 g/mol. The maximum atomic E-state index is 12.4. The SMILES string of the molecule is Cc1ccc(C)c(OC(=O)c2ccccc2)c1OC(=O)c1ccccc1. The predicted molar refractivity (Wildman–Crippen MR) is 98.7 cm³/mol. The molecular weight excluding hydrogens is 328 g/mol. The van der Waals surface area contributed by atoms with Crippen LogP contribution < -0.4 is 9.47 Å². The van der Waals surface area contributed by atoms with Gasteiger partial charge in [0.2, 0.25) is 0 Å². The number of carbonyl (C=O) groups is 2. The first-order chi connectivity index (χ1) is 12.6. The highest BCUT2D eigenvalue weighted by Crippen LogP contribution is 2.35. The molecule has 0 amide bonds. The van der Waals surface area contributed by atoms with Crippen LogP contribution in [0.25, 0.3) is 0 Å². The second-order valence-corrected chi connectivity index (χ2v) is 5.87. The van der Waals surface area contributed by atoms with E-state index in [2.05, 4.69) is 0 Å². The fraction of sp³-hybridized carbons (Fsp3) is 0.0909. The van der Waals surface area contributed by atoms with E-state index in [1.165, 1.54) is 0 Å². The third kappa shape index (κ3) is 3.81. The third-order valence-corrected chi connectivity index (χ3v) is 3.91. The lowest BCUT2D eigenvalue weighted by atomic mass is 10.1. The van der Waals surface area contributed by atoms with E-state index in [-0.39, 0.29) is 11.5 Å². The summed E-state index contributed by atoms with van der Waals surface area (Å²) in [6.45, 7) is 3.60. The first kappa shape index (κ1) is 17.4. The topological polar surface area (TPSA) is 52.6 Å². The quantitative estimate of drug-likeness (QED) is 0.506. The van der Waals surface area contributed by atoms with E-state index in [9.17, 15) is 9.59 Å². The van der Waals surface area contributed by atoms with Crippen LogP contribution in [0.2, 0.25) is 0 Å². The van der Waals surface area contributed by atoms with Gasteiger partial charge in [-0.25, -0.2) is 9.59 Å². The maximum Gasteiger partial charge on any atom is 0.343 e. The molecule has 3 aromatic rings. The van der Waals surface area contributed by atoms with E-state index < -0.39 is 11.9 Å². The van der Waals surface area contributed by atoms with Crippen molar-refractivity contribution < 1.29 is 19.1 Å². The number of hydrogen-bond acceptors (Lipinski definition) is 4. The van der Waals surface area contributed by atoms with Gasteiger partial charge in [0.15, 0.2) is 11.5 Å². The van der Waals surface area contributed by atoms with Crippen LogP contribution in [0, 0.1) is 13.8 Å². The zero-order chi connectivity index (χ0) is 18.5. The molecule has 26 heavy (non-hydrogen) atoms. The number of benzene rings is 3. The number of ether oxygens (including phenoxy) is 2. The van der Waals surface area contributed by atoms with E-state index in [4.69, 9.17) is 9.47 Å². The van der Waals surface area contributed by atoms with Gasteiger partial charge in [0.05, 0.1) is 11.1 Å². The highest BCUT2D eigenvalue weighted by atomic mass is 16.6. The molecule has 3 rings (SSSR count). The van der Waals surface area contributed by atoms with Gasteiger partial charge < -0.3 is 9.47 Å². The highest BCUT2D eigenvalue weighted by molar-refractivity contribution is 5.93. The minimum Gasteiger partial charge on any atom is -0.419 e. The van der Waals surface area contributed by atoms with E-state index in [1.54, 1.807) is 62.4 Å². The molecule has 0 unspecified atom stereocenters. The van der Waals surface area contributed by atoms with Gasteiger partial charge in [-0.3, -0.25) is 0 Å². The van der Waals surface area contributed by atoms with Gasteiger partial charge in [0.25, 0.3) is 0 Å². The Labute approximate surface area is 152 Å². The highest BCUT2D eigenvalue weighted by Gasteiger charge is 2.20. The van der Waals surface area contributed by atoms with Crippen molar-refractivity contribution in [1.82, 2.24) is 0 Å². The maximum absolute atomic E-state index is 12.4. The summed E-state index contributed by atoms with van der Waals surface area (Å²) in [5, 5.41) is 0. The van der Waals surface area contributed by atoms with Crippen molar-refractivity contribution in [3.05, 3.63) is 95.1 Å². The summed E-state index contributed by atoms with van der Waals surface area (Å²) in [6.07, 6.45) is 0. The minimum absolute atomic E-state index is 0.253. The van der Waals surface area contributed by atoms with E-state index in [0.29, 0.717) is 22.3 Å². The van der Waals surface area contributed by atoms with Gasteiger partial charge in [0, 0.05) is 0 Å². The Balaban J connectivity index is 1.92. The first-order valence-corrected chi connectivity index (χ1v) is 8.21. The molecule has 0 fully saturated rings. The fourth-order valence-electron chi connectivity index (χ4n) is 2.46. The molecule has 0 aliphatic heterocycles. The fourth-order valence-corrected chi connectivity index (χ4v) is 2.46. The lowest BCUT2D eigenvalue weighted by molar-refractivity contribution is 0.0680. The summed E-state index contributed by atoms with van der Waals surface area (Å²) < 4.78 is 11.1. The van der Waals surface area contributed by atoms with Crippen LogP contribution in [0.4, 0.5) is 0 Å². The minimum atomic E-state index is -0.503. The first-order valence-electron chi connectivity index (χ1n) is 8.21. The van der Waals surface area contributed by atoms with Gasteiger partial charge in [-0.2, -0.15) is 0 Å². The van der Waals surface area contributed by atoms with Crippen LogP contribution in [0.3, 0.4) is 0 Å². The Bertz CT molecular complexity index is 853. The molecule has 0 radical (unpaired) electrons. The van der Waals surface area contributed by atoms with Crippen LogP contribution in [-0.4, -0.2) is 11.9 Å². The monoisotopic (exact) mass is 346 g/mol. The summed E-state index contributed by atoms with van der Waals surface area (Å²) >= 11 is 0. The molecule has 0 spiro atoms. The van der Waals surface area contributed by atoms with Crippen molar-refractivity contribution in [1.29, 1.82) is 0 Å². The summed E-state index contributed by atoms with van der Waals surface area (Å²) in [5.74, 6) is -0.501. The van der Waals surface area contributed by atoms with Gasteiger partial charge in [-0.05, 0) is 49.2 Å². The molecular formula is C22H18O4. The number of rotatable bonds is 4. The molecule has 3 aromatic carbocycles. The largest absolute Gasteiger partial charge is 0.419 e. The number of esters is 2. The molecule has 0 saturated heterocycles. The molecule has 0 atom stereocenters. The lowest BCUT2D eigenvalue weighted by Crippen LogP contribution is -2.14. The summed E-state index contributed by atoms with van der Waals surface area (Å²) in [6, 6.07) is 21.0. The van der Waals surface area contributed by atoms with Crippen LogP contribution in [-0.2, 0) is 0 Å². The molecule has 0 bridgehead atoms. The van der Waals surface area contributed by atoms with Gasteiger partial charge in [0.1, 0.15) is 0 Å². The zero-order valence-electron chi connectivity index (χ0n) is 14.6. The van der Waals surface area contributed by atoms with E-state index in [0.717, 1.165) is 0 Å². The molecule has 130 valence electrons. The van der Waals surface area contributed by atoms with Crippen molar-refractivity contribution >= 4 is 11.9 Å². The molecule has 0 N–H and O–H groups in total. The van der Waals surface area contributed by atoms with Crippen molar-refractivity contribution in [3.8, 4) is 11.5 Å². The van der Waals surface area contributed by atoms with E-state index in [1.807, 2.05) is 24.3 Å². The lowest BCUT2D eigenvalue weighted by Gasteiger charge is -2.15. The molecule has 4 heteroatoms. The molecule has 4 nitrogen and oxygen atoms in total. The molecule has 0 aromatic heterocycles. The van der Waals surface area contributed by atoms with Crippen molar-refractivity contribution in [2.75, 3.05) is 0 Å². The molecule has 0 aliphatic carbocycles. The van der Waals surface area contributed by atoms with Crippen molar-refractivity contribution in [2.24, 2.45) is 0 Å². The average Bonchev–Trinajstić information content (AvgIpc) is 2.68. The Hall–Kier alpha value is -3.40. The zero-order valence-corrected chi connectivity index (χ0v) is 14.6. The standard InChI is InChI=1S/C22H18O4/c1-15-13-14-16(2)20(26-22(24)18-11-7-4-8-12-18)19(15)25-21(23)17-9-5-3-6-10-17/h3-14H,1-2H3. The Kier molecular flexibility index (Phi) is 5.13. The number of hydrogen-bond donors (Lipinski definition) is 0. The van der Waals surface area contributed by atoms with Crippen molar-refractivity contribution in [3.63, 3.8) is 0 Å². The van der Waals surface area contributed by atoms with Gasteiger partial charge in [-0.1, -0.05) is 48.5 Å². The van der Waals surface area contributed by atoms with Gasteiger partial charge in [-0.15, -0.1) is 0 Å². The Morgan fingerprint density at radius 2 is 0.923 bits per heavy atom. The third-order valence-electron chi connectivity index (χ3n) is 3.91. The van der Waals surface area contributed by atoms with E-state index >= 15 is 0 Å². The second kappa shape index (κ2) is 7.66. The summed E-state index contributed by atoms with van der Waals surface area (Å²) in [5.41, 5.74) is 2.26. The van der Waals surface area contributed by atoms with Crippen molar-refractivity contribution in [2.45, 2.75) is 13.8 Å². The second-order valence-electron chi connectivity index (χ2n) is 5.87. The summed E-state index contributed by atoms with van der Waals surface area (Å²) in [7, 11) is 0. The van der Waals surface area contributed by atoms with Gasteiger partial charge >= 0.3 is 11.9 Å². The van der Waals surface area contributed by atoms with Crippen LogP contribution in [0.1, 0.15) is 31.8 Å². The Morgan fingerprint density at radius 1 is 0.577 bits per heavy atom. The molecule has 0 aliphatic rings. The summed E-state index contributed by atoms with van der Waals surface area (Å²) in [4.78, 5) is 24.8. The predicted octanol–water partition coefficient (Wildman–Crippen LogP) is 4.74. The number of carbonyl (C=O) groups excluding carboxylic acids is 2. The molecule has 0 heterocycles.